The Hall–Kier alpha value is -2.46. The zero-order valence-corrected chi connectivity index (χ0v) is 25.7. The van der Waals surface area contributed by atoms with Crippen molar-refractivity contribution < 1.29 is 28.5 Å². The van der Waals surface area contributed by atoms with Crippen molar-refractivity contribution >= 4 is 26.0 Å². The molecule has 0 saturated carbocycles. The van der Waals surface area contributed by atoms with E-state index in [4.69, 9.17) is 18.6 Å². The monoisotopic (exact) mass is 580 g/mol. The van der Waals surface area contributed by atoms with Crippen LogP contribution in [0.25, 0.3) is 0 Å². The molecular weight excluding hydrogens is 540 g/mol. The highest BCUT2D eigenvalue weighted by molar-refractivity contribution is 7.99. The molecule has 5 atom stereocenters. The molecule has 1 saturated heterocycles. The van der Waals surface area contributed by atoms with Crippen molar-refractivity contribution in [1.29, 1.82) is 0 Å². The molecule has 1 aliphatic rings. The molecule has 3 aromatic carbocycles. The molecule has 0 unspecified atom stereocenters. The largest absolute Gasteiger partial charge is 0.452 e. The number of carbonyl (C=O) groups is 1. The summed E-state index contributed by atoms with van der Waals surface area (Å²) >= 11 is 1.45. The molecule has 0 amide bonds. The van der Waals surface area contributed by atoms with Crippen molar-refractivity contribution in [3.05, 3.63) is 102 Å². The summed E-state index contributed by atoms with van der Waals surface area (Å²) in [5.74, 6) is -0.457. The van der Waals surface area contributed by atoms with Crippen molar-refractivity contribution in [3.8, 4) is 0 Å². The Morgan fingerprint density at radius 1 is 0.875 bits per heavy atom. The minimum Gasteiger partial charge on any atom is -0.452 e. The fraction of sp³-hybridized carbons (Fsp3) is 0.406. The third-order valence-electron chi connectivity index (χ3n) is 7.54. The Balaban J connectivity index is 1.73. The number of aliphatic hydroxyl groups excluding tert-OH is 1. The zero-order chi connectivity index (χ0) is 28.8. The molecule has 0 radical (unpaired) electrons. The summed E-state index contributed by atoms with van der Waals surface area (Å²) in [4.78, 5) is 14.4. The van der Waals surface area contributed by atoms with E-state index in [1.807, 2.05) is 66.7 Å². The number of benzene rings is 3. The smallest absolute Gasteiger partial charge is 0.338 e. The molecule has 3 aromatic rings. The maximum Gasteiger partial charge on any atom is 0.338 e. The van der Waals surface area contributed by atoms with Gasteiger partial charge in [0.05, 0.1) is 18.8 Å². The number of hydrogen-bond acceptors (Lipinski definition) is 7. The average molecular weight is 581 g/mol. The minimum atomic E-state index is -2.40. The van der Waals surface area contributed by atoms with Gasteiger partial charge < -0.3 is 23.7 Å². The molecule has 1 heterocycles. The summed E-state index contributed by atoms with van der Waals surface area (Å²) in [5.41, 5.74) is 0.811. The Morgan fingerprint density at radius 2 is 1.45 bits per heavy atom. The first kappa shape index (κ1) is 30.5. The second kappa shape index (κ2) is 13.5. The molecule has 1 N–H and O–H groups in total. The van der Waals surface area contributed by atoms with Gasteiger partial charge in [-0.25, -0.2) is 4.79 Å². The number of rotatable bonds is 10. The minimum absolute atomic E-state index is 0.111. The third kappa shape index (κ3) is 7.63. The lowest BCUT2D eigenvalue weighted by Crippen LogP contribution is -2.63. The molecule has 0 aromatic heterocycles. The van der Waals surface area contributed by atoms with Crippen LogP contribution in [-0.2, 0) is 25.2 Å². The number of esters is 1. The van der Waals surface area contributed by atoms with E-state index in [1.54, 1.807) is 24.3 Å². The maximum absolute atomic E-state index is 13.4. The summed E-state index contributed by atoms with van der Waals surface area (Å²) < 4.78 is 26.2. The first-order chi connectivity index (χ1) is 19.1. The van der Waals surface area contributed by atoms with Gasteiger partial charge in [0.1, 0.15) is 23.7 Å². The van der Waals surface area contributed by atoms with Crippen LogP contribution in [0.2, 0.25) is 18.1 Å². The normalized spacial score (nSPS) is 23.5. The van der Waals surface area contributed by atoms with E-state index in [0.29, 0.717) is 12.2 Å². The SMILES string of the molecule is CC(C)(C)[Si](C)(C)O[C@@H]1[C@@H](OC(=O)c2ccccc2)[C@H](Sc2ccccc2)O[C@H](CO)[C@H]1OCc1ccccc1. The van der Waals surface area contributed by atoms with Gasteiger partial charge in [0.25, 0.3) is 0 Å². The molecule has 1 aliphatic heterocycles. The second-order valence-corrected chi connectivity index (χ2v) is 17.4. The molecule has 4 rings (SSSR count). The van der Waals surface area contributed by atoms with Gasteiger partial charge in [-0.15, -0.1) is 0 Å². The van der Waals surface area contributed by atoms with Crippen LogP contribution >= 0.6 is 11.8 Å². The predicted octanol–water partition coefficient (Wildman–Crippen LogP) is 6.70. The quantitative estimate of drug-likeness (QED) is 0.211. The van der Waals surface area contributed by atoms with Crippen LogP contribution in [0.5, 0.6) is 0 Å². The molecule has 8 heteroatoms. The second-order valence-electron chi connectivity index (χ2n) is 11.5. The van der Waals surface area contributed by atoms with Gasteiger partial charge in [0, 0.05) is 4.90 Å². The molecule has 0 spiro atoms. The topological polar surface area (TPSA) is 74.2 Å². The van der Waals surface area contributed by atoms with E-state index in [1.165, 1.54) is 11.8 Å². The van der Waals surface area contributed by atoms with E-state index in [-0.39, 0.29) is 11.6 Å². The highest BCUT2D eigenvalue weighted by atomic mass is 32.2. The summed E-state index contributed by atoms with van der Waals surface area (Å²) in [7, 11) is -2.40. The number of aliphatic hydroxyl groups is 1. The lowest BCUT2D eigenvalue weighted by Gasteiger charge is -2.49. The first-order valence-corrected chi connectivity index (χ1v) is 17.5. The van der Waals surface area contributed by atoms with Crippen molar-refractivity contribution in [2.24, 2.45) is 0 Å². The molecular formula is C32H40O6SSi. The average Bonchev–Trinajstić information content (AvgIpc) is 2.94. The van der Waals surface area contributed by atoms with Crippen molar-refractivity contribution in [2.75, 3.05) is 6.61 Å². The van der Waals surface area contributed by atoms with E-state index < -0.39 is 44.1 Å². The summed E-state index contributed by atoms with van der Waals surface area (Å²) in [5, 5.41) is 10.4. The van der Waals surface area contributed by atoms with Crippen LogP contribution < -0.4 is 0 Å². The van der Waals surface area contributed by atoms with Crippen LogP contribution in [0, 0.1) is 0 Å². The van der Waals surface area contributed by atoms with Gasteiger partial charge in [-0.3, -0.25) is 0 Å². The molecule has 0 bridgehead atoms. The molecule has 40 heavy (non-hydrogen) atoms. The van der Waals surface area contributed by atoms with Crippen molar-refractivity contribution in [3.63, 3.8) is 0 Å². The van der Waals surface area contributed by atoms with Crippen LogP contribution in [-0.4, -0.2) is 55.9 Å². The van der Waals surface area contributed by atoms with Crippen LogP contribution in [0.1, 0.15) is 36.7 Å². The van der Waals surface area contributed by atoms with Gasteiger partial charge in [0.15, 0.2) is 14.4 Å². The van der Waals surface area contributed by atoms with Gasteiger partial charge in [-0.1, -0.05) is 99.3 Å². The summed E-state index contributed by atoms with van der Waals surface area (Å²) in [6, 6.07) is 28.6. The Labute approximate surface area is 243 Å². The third-order valence-corrected chi connectivity index (χ3v) is 13.2. The Morgan fingerprint density at radius 3 is 2.02 bits per heavy atom. The number of ether oxygens (including phenoxy) is 3. The fourth-order valence-electron chi connectivity index (χ4n) is 4.26. The number of carbonyl (C=O) groups excluding carboxylic acids is 1. The Kier molecular flexibility index (Phi) is 10.3. The predicted molar refractivity (Wildman–Crippen MR) is 161 cm³/mol. The van der Waals surface area contributed by atoms with Crippen LogP contribution in [0.4, 0.5) is 0 Å². The van der Waals surface area contributed by atoms with E-state index in [2.05, 4.69) is 33.9 Å². The molecule has 1 fully saturated rings. The van der Waals surface area contributed by atoms with Gasteiger partial charge in [-0.05, 0) is 48.0 Å². The molecule has 214 valence electrons. The van der Waals surface area contributed by atoms with Crippen molar-refractivity contribution in [1.82, 2.24) is 0 Å². The van der Waals surface area contributed by atoms with Gasteiger partial charge in [0.2, 0.25) is 0 Å². The maximum atomic E-state index is 13.4. The van der Waals surface area contributed by atoms with Crippen molar-refractivity contribution in [2.45, 2.75) is 80.3 Å². The van der Waals surface area contributed by atoms with E-state index in [0.717, 1.165) is 10.5 Å². The zero-order valence-electron chi connectivity index (χ0n) is 23.9. The molecule has 6 nitrogen and oxygen atoms in total. The van der Waals surface area contributed by atoms with Crippen LogP contribution in [0.15, 0.2) is 95.9 Å². The van der Waals surface area contributed by atoms with Crippen LogP contribution in [0.3, 0.4) is 0 Å². The summed E-state index contributed by atoms with van der Waals surface area (Å²) in [6.45, 7) is 10.9. The van der Waals surface area contributed by atoms with E-state index >= 15 is 0 Å². The van der Waals surface area contributed by atoms with E-state index in [9.17, 15) is 9.90 Å². The van der Waals surface area contributed by atoms with Gasteiger partial charge in [-0.2, -0.15) is 0 Å². The molecule has 0 aliphatic carbocycles. The van der Waals surface area contributed by atoms with Gasteiger partial charge >= 0.3 is 5.97 Å². The highest BCUT2D eigenvalue weighted by Gasteiger charge is 2.53. The lowest BCUT2D eigenvalue weighted by atomic mass is 9.99. The fourth-order valence-corrected chi connectivity index (χ4v) is 6.69. The Bertz CT molecular complexity index is 1200. The first-order valence-electron chi connectivity index (χ1n) is 13.7. The highest BCUT2D eigenvalue weighted by Crippen LogP contribution is 2.43. The standard InChI is InChI=1S/C32H40O6SSi/c1-32(2,3)40(4,5)38-28-27(35-22-23-15-9-6-10-16-23)26(21-33)36-31(39-25-19-13-8-14-20-25)29(28)37-30(34)24-17-11-7-12-18-24/h6-20,26-29,31,33H,21-22H2,1-5H3/t26-,27-,28+,29-,31+/m1/s1. The number of hydrogen-bond donors (Lipinski definition) is 1. The lowest BCUT2D eigenvalue weighted by molar-refractivity contribution is -0.220. The number of thioether (sulfide) groups is 1. The summed E-state index contributed by atoms with van der Waals surface area (Å²) in [6.07, 6.45) is -2.80.